The maximum absolute atomic E-state index is 12.6. The van der Waals surface area contributed by atoms with Gasteiger partial charge in [-0.15, -0.1) is 0 Å². The van der Waals surface area contributed by atoms with Gasteiger partial charge in [0.1, 0.15) is 6.04 Å². The monoisotopic (exact) mass is 350 g/mol. The highest BCUT2D eigenvalue weighted by Gasteiger charge is 2.25. The topological polar surface area (TPSA) is 86.9 Å². The third kappa shape index (κ3) is 4.27. The van der Waals surface area contributed by atoms with Crippen molar-refractivity contribution in [1.29, 1.82) is 0 Å². The second-order valence-electron chi connectivity index (χ2n) is 6.54. The van der Waals surface area contributed by atoms with Gasteiger partial charge in [0, 0.05) is 0 Å². The van der Waals surface area contributed by atoms with E-state index in [0.29, 0.717) is 5.95 Å². The van der Waals surface area contributed by atoms with Gasteiger partial charge in [0.25, 0.3) is 0 Å². The molecule has 0 unspecified atom stereocenters. The van der Waals surface area contributed by atoms with Crippen LogP contribution >= 0.6 is 0 Å². The lowest BCUT2D eigenvalue weighted by Crippen LogP contribution is -2.47. The van der Waals surface area contributed by atoms with Crippen molar-refractivity contribution >= 4 is 28.8 Å². The molecule has 0 fully saturated rings. The fraction of sp³-hybridized carbons (Fsp3) is 0.250. The maximum Gasteiger partial charge on any atom is 0.249 e. The quantitative estimate of drug-likeness (QED) is 0.639. The van der Waals surface area contributed by atoms with E-state index in [-0.39, 0.29) is 24.2 Å². The van der Waals surface area contributed by atoms with Gasteiger partial charge >= 0.3 is 0 Å². The summed E-state index contributed by atoms with van der Waals surface area (Å²) in [7, 11) is 0. The fourth-order valence-electron chi connectivity index (χ4n) is 2.75. The molecule has 6 heteroatoms. The summed E-state index contributed by atoms with van der Waals surface area (Å²) in [4.78, 5) is 32.3. The zero-order valence-corrected chi connectivity index (χ0v) is 14.8. The zero-order chi connectivity index (χ0) is 18.5. The van der Waals surface area contributed by atoms with Crippen molar-refractivity contribution in [3.63, 3.8) is 0 Å². The molecule has 0 bridgehead atoms. The third-order valence-electron chi connectivity index (χ3n) is 4.10. The molecular weight excluding hydrogens is 328 g/mol. The van der Waals surface area contributed by atoms with Crippen molar-refractivity contribution < 1.29 is 9.59 Å². The number of benzene rings is 2. The summed E-state index contributed by atoms with van der Waals surface area (Å²) in [5.41, 5.74) is 2.53. The summed E-state index contributed by atoms with van der Waals surface area (Å²) >= 11 is 0. The predicted molar refractivity (Wildman–Crippen MR) is 102 cm³/mol. The largest absolute Gasteiger partial charge is 0.344 e. The second kappa shape index (κ2) is 7.82. The van der Waals surface area contributed by atoms with Crippen LogP contribution in [0.25, 0.3) is 11.0 Å². The number of amides is 2. The maximum atomic E-state index is 12.6. The van der Waals surface area contributed by atoms with Crippen LogP contribution in [0.2, 0.25) is 0 Å². The van der Waals surface area contributed by atoms with Crippen LogP contribution in [0.5, 0.6) is 0 Å². The van der Waals surface area contributed by atoms with Gasteiger partial charge in [0.05, 0.1) is 17.5 Å². The molecule has 0 spiro atoms. The number of rotatable bonds is 6. The van der Waals surface area contributed by atoms with E-state index in [2.05, 4.69) is 20.6 Å². The van der Waals surface area contributed by atoms with Gasteiger partial charge in [0.2, 0.25) is 17.8 Å². The number of H-pyrrole nitrogens is 1. The summed E-state index contributed by atoms with van der Waals surface area (Å²) in [6, 6.07) is 16.3. The third-order valence-corrected chi connectivity index (χ3v) is 4.10. The highest BCUT2D eigenvalue weighted by molar-refractivity contribution is 5.97. The summed E-state index contributed by atoms with van der Waals surface area (Å²) in [5, 5.41) is 5.59. The number of anilines is 1. The molecular formula is C20H22N4O2. The summed E-state index contributed by atoms with van der Waals surface area (Å²) in [6.07, 6.45) is 0.238. The Labute approximate surface area is 152 Å². The first-order valence-electron chi connectivity index (χ1n) is 8.62. The van der Waals surface area contributed by atoms with E-state index in [1.807, 2.05) is 68.4 Å². The van der Waals surface area contributed by atoms with Crippen LogP contribution in [0.3, 0.4) is 0 Å². The Morgan fingerprint density at radius 2 is 1.73 bits per heavy atom. The second-order valence-corrected chi connectivity index (χ2v) is 6.54. The SMILES string of the molecule is CC(C)[C@H](NC(=O)Cc1ccccc1)C(=O)Nc1nc2ccccc2[nH]1. The lowest BCUT2D eigenvalue weighted by molar-refractivity contribution is -0.127. The molecule has 26 heavy (non-hydrogen) atoms. The van der Waals surface area contributed by atoms with Crippen molar-refractivity contribution in [2.75, 3.05) is 5.32 Å². The number of hydrogen-bond acceptors (Lipinski definition) is 3. The Bertz CT molecular complexity index is 869. The molecule has 0 radical (unpaired) electrons. The molecule has 134 valence electrons. The van der Waals surface area contributed by atoms with Crippen LogP contribution in [0.1, 0.15) is 19.4 Å². The number of nitrogens with zero attached hydrogens (tertiary/aromatic N) is 1. The van der Waals surface area contributed by atoms with Gasteiger partial charge in [-0.25, -0.2) is 4.98 Å². The lowest BCUT2D eigenvalue weighted by atomic mass is 10.0. The Morgan fingerprint density at radius 3 is 2.42 bits per heavy atom. The van der Waals surface area contributed by atoms with E-state index in [1.165, 1.54) is 0 Å². The van der Waals surface area contributed by atoms with Crippen LogP contribution in [-0.2, 0) is 16.0 Å². The fourth-order valence-corrected chi connectivity index (χ4v) is 2.75. The minimum absolute atomic E-state index is 0.0564. The lowest BCUT2D eigenvalue weighted by Gasteiger charge is -2.21. The van der Waals surface area contributed by atoms with Crippen molar-refractivity contribution in [2.24, 2.45) is 5.92 Å². The van der Waals surface area contributed by atoms with Crippen LogP contribution in [-0.4, -0.2) is 27.8 Å². The number of fused-ring (bicyclic) bond motifs is 1. The Hall–Kier alpha value is -3.15. The van der Waals surface area contributed by atoms with Crippen molar-refractivity contribution in [2.45, 2.75) is 26.3 Å². The minimum Gasteiger partial charge on any atom is -0.344 e. The summed E-state index contributed by atoms with van der Waals surface area (Å²) in [6.45, 7) is 3.79. The standard InChI is InChI=1S/C20H22N4O2/c1-13(2)18(23-17(25)12-14-8-4-3-5-9-14)19(26)24-20-21-15-10-6-7-11-16(15)22-20/h3-11,13,18H,12H2,1-2H3,(H,23,25)(H2,21,22,24,26)/t18-/m0/s1. The van der Waals surface area contributed by atoms with Crippen molar-refractivity contribution in [1.82, 2.24) is 15.3 Å². The number of imidazole rings is 1. The molecule has 1 atom stereocenters. The summed E-state index contributed by atoms with van der Waals surface area (Å²) < 4.78 is 0. The molecule has 0 saturated carbocycles. The molecule has 1 aromatic heterocycles. The molecule has 0 aliphatic carbocycles. The number of aromatic nitrogens is 2. The molecule has 0 aliphatic heterocycles. The minimum atomic E-state index is -0.639. The number of hydrogen-bond donors (Lipinski definition) is 3. The van der Waals surface area contributed by atoms with E-state index in [4.69, 9.17) is 0 Å². The number of carbonyl (C=O) groups excluding carboxylic acids is 2. The smallest absolute Gasteiger partial charge is 0.249 e. The van der Waals surface area contributed by atoms with Gasteiger partial charge in [-0.3, -0.25) is 14.9 Å². The molecule has 3 N–H and O–H groups in total. The summed E-state index contributed by atoms with van der Waals surface area (Å²) in [5.74, 6) is -0.159. The predicted octanol–water partition coefficient (Wildman–Crippen LogP) is 2.88. The molecule has 3 rings (SSSR count). The number of aromatic amines is 1. The van der Waals surface area contributed by atoms with Gasteiger partial charge < -0.3 is 10.3 Å². The molecule has 2 amide bonds. The molecule has 0 saturated heterocycles. The van der Waals surface area contributed by atoms with Gasteiger partial charge in [-0.2, -0.15) is 0 Å². The first-order valence-corrected chi connectivity index (χ1v) is 8.62. The Morgan fingerprint density at radius 1 is 1.04 bits per heavy atom. The Kier molecular flexibility index (Phi) is 5.31. The van der Waals surface area contributed by atoms with E-state index in [1.54, 1.807) is 0 Å². The average Bonchev–Trinajstić information content (AvgIpc) is 3.02. The van der Waals surface area contributed by atoms with E-state index >= 15 is 0 Å². The zero-order valence-electron chi connectivity index (χ0n) is 14.8. The van der Waals surface area contributed by atoms with Crippen LogP contribution in [0.15, 0.2) is 54.6 Å². The van der Waals surface area contributed by atoms with E-state index in [9.17, 15) is 9.59 Å². The first kappa shape index (κ1) is 17.7. The molecule has 2 aromatic carbocycles. The van der Waals surface area contributed by atoms with Crippen LogP contribution in [0.4, 0.5) is 5.95 Å². The Balaban J connectivity index is 1.66. The normalized spacial score (nSPS) is 12.1. The van der Waals surface area contributed by atoms with Gasteiger partial charge in [-0.1, -0.05) is 56.3 Å². The van der Waals surface area contributed by atoms with Crippen molar-refractivity contribution in [3.8, 4) is 0 Å². The van der Waals surface area contributed by atoms with E-state index < -0.39 is 6.04 Å². The average molecular weight is 350 g/mol. The van der Waals surface area contributed by atoms with Gasteiger partial charge in [-0.05, 0) is 23.6 Å². The molecule has 3 aromatic rings. The van der Waals surface area contributed by atoms with E-state index in [0.717, 1.165) is 16.6 Å². The number of para-hydroxylation sites is 2. The molecule has 0 aliphatic rings. The van der Waals surface area contributed by atoms with Crippen molar-refractivity contribution in [3.05, 3.63) is 60.2 Å². The van der Waals surface area contributed by atoms with Gasteiger partial charge in [0.15, 0.2) is 0 Å². The highest BCUT2D eigenvalue weighted by Crippen LogP contribution is 2.14. The highest BCUT2D eigenvalue weighted by atomic mass is 16.2. The number of carbonyl (C=O) groups is 2. The first-order chi connectivity index (χ1) is 12.5. The number of nitrogens with one attached hydrogen (secondary N) is 3. The molecule has 6 nitrogen and oxygen atoms in total. The van der Waals surface area contributed by atoms with Crippen LogP contribution in [0, 0.1) is 5.92 Å². The molecule has 1 heterocycles. The van der Waals surface area contributed by atoms with Crippen LogP contribution < -0.4 is 10.6 Å².